The molecule has 1 N–H and O–H groups in total. The SMILES string of the molecule is O=C(Nc1ccccc1N1CCCCC1)c1ccc(-n2cccn2)cc1. The standard InChI is InChI=1S/C21H22N4O/c26-21(17-9-11-18(12-10-17)25-16-6-13-22-25)23-19-7-2-3-8-20(19)24-14-4-1-5-15-24/h2-3,6-13,16H,1,4-5,14-15H2,(H,23,26). The predicted octanol–water partition coefficient (Wildman–Crippen LogP) is 4.11. The topological polar surface area (TPSA) is 50.2 Å². The van der Waals surface area contributed by atoms with E-state index in [1.54, 1.807) is 10.9 Å². The number of rotatable bonds is 4. The van der Waals surface area contributed by atoms with Gasteiger partial charge in [-0.15, -0.1) is 0 Å². The summed E-state index contributed by atoms with van der Waals surface area (Å²) in [5.41, 5.74) is 3.54. The van der Waals surface area contributed by atoms with Gasteiger partial charge in [-0.05, 0) is 61.7 Å². The summed E-state index contributed by atoms with van der Waals surface area (Å²) >= 11 is 0. The maximum Gasteiger partial charge on any atom is 0.255 e. The molecular weight excluding hydrogens is 324 g/mol. The van der Waals surface area contributed by atoms with E-state index in [1.165, 1.54) is 19.3 Å². The minimum absolute atomic E-state index is 0.0959. The Balaban J connectivity index is 1.51. The summed E-state index contributed by atoms with van der Waals surface area (Å²) in [6.45, 7) is 2.09. The zero-order valence-electron chi connectivity index (χ0n) is 14.6. The highest BCUT2D eigenvalue weighted by molar-refractivity contribution is 6.06. The first-order chi connectivity index (χ1) is 12.8. The van der Waals surface area contributed by atoms with E-state index in [9.17, 15) is 4.79 Å². The summed E-state index contributed by atoms with van der Waals surface area (Å²) in [6, 6.07) is 17.4. The van der Waals surface area contributed by atoms with Crippen LogP contribution in [-0.4, -0.2) is 28.8 Å². The number of aromatic nitrogens is 2. The van der Waals surface area contributed by atoms with Crippen molar-refractivity contribution < 1.29 is 4.79 Å². The molecule has 1 amide bonds. The Morgan fingerprint density at radius 2 is 1.69 bits per heavy atom. The monoisotopic (exact) mass is 346 g/mol. The van der Waals surface area contributed by atoms with Crippen LogP contribution in [0.2, 0.25) is 0 Å². The number of para-hydroxylation sites is 2. The van der Waals surface area contributed by atoms with Crippen molar-refractivity contribution in [1.82, 2.24) is 9.78 Å². The second-order valence-electron chi connectivity index (χ2n) is 6.52. The second-order valence-corrected chi connectivity index (χ2v) is 6.52. The highest BCUT2D eigenvalue weighted by Gasteiger charge is 2.16. The first-order valence-electron chi connectivity index (χ1n) is 9.07. The summed E-state index contributed by atoms with van der Waals surface area (Å²) in [7, 11) is 0. The fourth-order valence-electron chi connectivity index (χ4n) is 3.37. The molecule has 132 valence electrons. The highest BCUT2D eigenvalue weighted by atomic mass is 16.1. The van der Waals surface area contributed by atoms with Crippen LogP contribution in [0, 0.1) is 0 Å². The Morgan fingerprint density at radius 1 is 0.923 bits per heavy atom. The molecule has 2 aromatic carbocycles. The van der Waals surface area contributed by atoms with Gasteiger partial charge in [0.2, 0.25) is 0 Å². The van der Waals surface area contributed by atoms with Crippen LogP contribution in [-0.2, 0) is 0 Å². The van der Waals surface area contributed by atoms with Gasteiger partial charge in [0, 0.05) is 31.0 Å². The van der Waals surface area contributed by atoms with Crippen LogP contribution >= 0.6 is 0 Å². The number of hydrogen-bond acceptors (Lipinski definition) is 3. The predicted molar refractivity (Wildman–Crippen MR) is 104 cm³/mol. The molecule has 5 heteroatoms. The van der Waals surface area contributed by atoms with E-state index in [-0.39, 0.29) is 5.91 Å². The van der Waals surface area contributed by atoms with Crippen LogP contribution < -0.4 is 10.2 Å². The molecule has 4 rings (SSSR count). The van der Waals surface area contributed by atoms with E-state index in [0.717, 1.165) is 30.2 Å². The van der Waals surface area contributed by atoms with E-state index < -0.39 is 0 Å². The van der Waals surface area contributed by atoms with Gasteiger partial charge in [-0.3, -0.25) is 4.79 Å². The van der Waals surface area contributed by atoms with E-state index >= 15 is 0 Å². The second kappa shape index (κ2) is 7.44. The van der Waals surface area contributed by atoms with E-state index in [0.29, 0.717) is 5.56 Å². The fraction of sp³-hybridized carbons (Fsp3) is 0.238. The van der Waals surface area contributed by atoms with E-state index in [2.05, 4.69) is 21.4 Å². The van der Waals surface area contributed by atoms with Crippen LogP contribution in [0.1, 0.15) is 29.6 Å². The molecule has 0 bridgehead atoms. The number of carbonyl (C=O) groups excluding carboxylic acids is 1. The molecule has 26 heavy (non-hydrogen) atoms. The van der Waals surface area contributed by atoms with E-state index in [1.807, 2.05) is 54.7 Å². The minimum atomic E-state index is -0.0959. The first kappa shape index (κ1) is 16.4. The Bertz CT molecular complexity index is 865. The summed E-state index contributed by atoms with van der Waals surface area (Å²) in [6.07, 6.45) is 7.31. The van der Waals surface area contributed by atoms with Crippen molar-refractivity contribution in [2.24, 2.45) is 0 Å². The number of nitrogens with zero attached hydrogens (tertiary/aromatic N) is 3. The number of anilines is 2. The molecule has 0 unspecified atom stereocenters. The number of nitrogens with one attached hydrogen (secondary N) is 1. The summed E-state index contributed by atoms with van der Waals surface area (Å²) < 4.78 is 1.77. The average molecular weight is 346 g/mol. The molecule has 0 radical (unpaired) electrons. The van der Waals surface area contributed by atoms with Crippen molar-refractivity contribution in [3.63, 3.8) is 0 Å². The van der Waals surface area contributed by atoms with Crippen LogP contribution in [0.15, 0.2) is 67.0 Å². The molecule has 3 aromatic rings. The van der Waals surface area contributed by atoms with Crippen LogP contribution in [0.3, 0.4) is 0 Å². The lowest BCUT2D eigenvalue weighted by Crippen LogP contribution is -2.30. The third-order valence-electron chi connectivity index (χ3n) is 4.75. The van der Waals surface area contributed by atoms with Gasteiger partial charge in [0.05, 0.1) is 17.1 Å². The van der Waals surface area contributed by atoms with Gasteiger partial charge in [-0.2, -0.15) is 5.10 Å². The first-order valence-corrected chi connectivity index (χ1v) is 9.07. The van der Waals surface area contributed by atoms with Crippen LogP contribution in [0.4, 0.5) is 11.4 Å². The maximum atomic E-state index is 12.7. The van der Waals surface area contributed by atoms with Crippen molar-refractivity contribution in [2.75, 3.05) is 23.3 Å². The Morgan fingerprint density at radius 3 is 2.42 bits per heavy atom. The Hall–Kier alpha value is -3.08. The number of hydrogen-bond donors (Lipinski definition) is 1. The van der Waals surface area contributed by atoms with Crippen molar-refractivity contribution >= 4 is 17.3 Å². The lowest BCUT2D eigenvalue weighted by atomic mass is 10.1. The molecule has 1 aliphatic heterocycles. The number of piperidine rings is 1. The number of benzene rings is 2. The fourth-order valence-corrected chi connectivity index (χ4v) is 3.37. The number of amides is 1. The van der Waals surface area contributed by atoms with Crippen molar-refractivity contribution in [3.8, 4) is 5.69 Å². The normalized spacial score (nSPS) is 14.2. The Kier molecular flexibility index (Phi) is 4.69. The highest BCUT2D eigenvalue weighted by Crippen LogP contribution is 2.28. The van der Waals surface area contributed by atoms with Crippen molar-refractivity contribution in [3.05, 3.63) is 72.6 Å². The van der Waals surface area contributed by atoms with Gasteiger partial charge in [0.25, 0.3) is 5.91 Å². The average Bonchev–Trinajstić information content (AvgIpc) is 3.24. The van der Waals surface area contributed by atoms with Crippen molar-refractivity contribution in [2.45, 2.75) is 19.3 Å². The zero-order valence-corrected chi connectivity index (χ0v) is 14.6. The van der Waals surface area contributed by atoms with Crippen LogP contribution in [0.5, 0.6) is 0 Å². The lowest BCUT2D eigenvalue weighted by Gasteiger charge is -2.30. The molecule has 1 aliphatic rings. The number of carbonyl (C=O) groups is 1. The smallest absolute Gasteiger partial charge is 0.255 e. The van der Waals surface area contributed by atoms with Gasteiger partial charge in [-0.25, -0.2) is 4.68 Å². The molecular formula is C21H22N4O. The van der Waals surface area contributed by atoms with Gasteiger partial charge >= 0.3 is 0 Å². The zero-order chi connectivity index (χ0) is 17.8. The molecule has 5 nitrogen and oxygen atoms in total. The largest absolute Gasteiger partial charge is 0.370 e. The minimum Gasteiger partial charge on any atom is -0.370 e. The molecule has 1 saturated heterocycles. The maximum absolute atomic E-state index is 12.7. The quantitative estimate of drug-likeness (QED) is 0.773. The van der Waals surface area contributed by atoms with Gasteiger partial charge in [0.1, 0.15) is 0 Å². The summed E-state index contributed by atoms with van der Waals surface area (Å²) in [4.78, 5) is 15.1. The van der Waals surface area contributed by atoms with Gasteiger partial charge in [-0.1, -0.05) is 12.1 Å². The molecule has 1 aromatic heterocycles. The third kappa shape index (κ3) is 3.47. The molecule has 2 heterocycles. The van der Waals surface area contributed by atoms with E-state index in [4.69, 9.17) is 0 Å². The Labute approximate surface area is 153 Å². The lowest BCUT2D eigenvalue weighted by molar-refractivity contribution is 0.102. The molecule has 0 spiro atoms. The van der Waals surface area contributed by atoms with Gasteiger partial charge < -0.3 is 10.2 Å². The third-order valence-corrected chi connectivity index (χ3v) is 4.75. The molecule has 1 fully saturated rings. The molecule has 0 saturated carbocycles. The summed E-state index contributed by atoms with van der Waals surface area (Å²) in [5, 5.41) is 7.28. The molecule has 0 atom stereocenters. The van der Waals surface area contributed by atoms with Crippen LogP contribution in [0.25, 0.3) is 5.69 Å². The van der Waals surface area contributed by atoms with Gasteiger partial charge in [0.15, 0.2) is 0 Å². The van der Waals surface area contributed by atoms with Crippen molar-refractivity contribution in [1.29, 1.82) is 0 Å². The summed E-state index contributed by atoms with van der Waals surface area (Å²) in [5.74, 6) is -0.0959. The molecule has 0 aliphatic carbocycles.